The smallest absolute Gasteiger partial charge is 0.318 e. The highest BCUT2D eigenvalue weighted by Gasteiger charge is 2.37. The Morgan fingerprint density at radius 2 is 1.65 bits per heavy atom. The highest BCUT2D eigenvalue weighted by molar-refractivity contribution is 6.19. The van der Waals surface area contributed by atoms with E-state index >= 15 is 0 Å². The zero-order chi connectivity index (χ0) is 24.1. The molecular weight excluding hydrogens is 434 g/mol. The molecule has 4 amide bonds. The average Bonchev–Trinajstić information content (AvgIpc) is 2.84. The number of primary amides is 1. The molecule has 1 atom stereocenters. The van der Waals surface area contributed by atoms with E-state index in [0.717, 1.165) is 15.7 Å². The quantitative estimate of drug-likeness (QED) is 0.553. The number of nitrogens with zero attached hydrogens (tertiary/aromatic N) is 1. The number of nitrogens with one attached hydrogen (secondary N) is 1. The molecule has 8 heteroatoms. The lowest BCUT2D eigenvalue weighted by atomic mass is 10.0. The number of fused-ring (bicyclic) bond motifs is 1. The van der Waals surface area contributed by atoms with Crippen LogP contribution in [-0.2, 0) is 14.4 Å². The molecule has 0 heterocycles. The molecular formula is C26H21N3O5. The van der Waals surface area contributed by atoms with Gasteiger partial charge in [-0.15, -0.1) is 0 Å². The van der Waals surface area contributed by atoms with Crippen LogP contribution in [0.4, 0.5) is 10.5 Å². The maximum Gasteiger partial charge on any atom is 0.318 e. The summed E-state index contributed by atoms with van der Waals surface area (Å²) in [6.45, 7) is 0. The number of anilines is 1. The summed E-state index contributed by atoms with van der Waals surface area (Å²) in [4.78, 5) is 51.9. The van der Waals surface area contributed by atoms with Gasteiger partial charge in [-0.1, -0.05) is 60.7 Å². The van der Waals surface area contributed by atoms with Gasteiger partial charge in [0.25, 0.3) is 17.9 Å². The second-order valence-corrected chi connectivity index (χ2v) is 7.48. The molecule has 1 unspecified atom stereocenters. The Morgan fingerprint density at radius 3 is 2.35 bits per heavy atom. The van der Waals surface area contributed by atoms with E-state index in [1.807, 2.05) is 35.6 Å². The van der Waals surface area contributed by atoms with E-state index in [0.29, 0.717) is 5.69 Å². The number of amides is 4. The molecule has 1 aliphatic rings. The Bertz CT molecular complexity index is 1330. The minimum absolute atomic E-state index is 0.0799. The summed E-state index contributed by atoms with van der Waals surface area (Å²) in [5.74, 6) is -1.99. The fourth-order valence-electron chi connectivity index (χ4n) is 3.59. The molecule has 8 nitrogen and oxygen atoms in total. The number of para-hydroxylation sites is 1. The number of imide groups is 1. The Hall–Kier alpha value is -4.72. The predicted molar refractivity (Wildman–Crippen MR) is 127 cm³/mol. The number of allylic oxidation sites excluding steroid dienone is 4. The third-order valence-electron chi connectivity index (χ3n) is 5.14. The van der Waals surface area contributed by atoms with Crippen LogP contribution in [-0.4, -0.2) is 29.7 Å². The van der Waals surface area contributed by atoms with Crippen LogP contribution in [0.2, 0.25) is 0 Å². The first-order valence-electron chi connectivity index (χ1n) is 10.5. The standard InChI is InChI=1S/C26H21N3O5/c27-26(33)28-24(31)23(34-20-10-2-1-3-11-20)25(32)29(21-12-6-7-13-22(21)30)19-15-14-17-8-4-5-9-18(17)16-19/h1-12,14-16,23H,13H2,(H3,27,28,31,33). The molecule has 0 bridgehead atoms. The van der Waals surface area contributed by atoms with Gasteiger partial charge in [-0.25, -0.2) is 4.79 Å². The molecule has 0 aromatic heterocycles. The van der Waals surface area contributed by atoms with Crippen LogP contribution in [0.3, 0.4) is 0 Å². The Balaban J connectivity index is 1.81. The summed E-state index contributed by atoms with van der Waals surface area (Å²) >= 11 is 0. The van der Waals surface area contributed by atoms with Gasteiger partial charge in [0.15, 0.2) is 5.78 Å². The largest absolute Gasteiger partial charge is 0.471 e. The van der Waals surface area contributed by atoms with Crippen molar-refractivity contribution in [3.05, 3.63) is 96.7 Å². The molecule has 0 fully saturated rings. The van der Waals surface area contributed by atoms with Gasteiger partial charge in [0.2, 0.25) is 0 Å². The molecule has 0 saturated heterocycles. The van der Waals surface area contributed by atoms with Crippen molar-refractivity contribution < 1.29 is 23.9 Å². The Kier molecular flexibility index (Phi) is 6.49. The summed E-state index contributed by atoms with van der Waals surface area (Å²) in [5, 5.41) is 3.67. The van der Waals surface area contributed by atoms with Crippen molar-refractivity contribution in [1.29, 1.82) is 0 Å². The highest BCUT2D eigenvalue weighted by atomic mass is 16.5. The monoisotopic (exact) mass is 455 g/mol. The highest BCUT2D eigenvalue weighted by Crippen LogP contribution is 2.28. The summed E-state index contributed by atoms with van der Waals surface area (Å²) in [7, 11) is 0. The fourth-order valence-corrected chi connectivity index (χ4v) is 3.59. The van der Waals surface area contributed by atoms with Gasteiger partial charge in [0, 0.05) is 12.1 Å². The number of carbonyl (C=O) groups excluding carboxylic acids is 4. The van der Waals surface area contributed by atoms with Crippen LogP contribution >= 0.6 is 0 Å². The summed E-state index contributed by atoms with van der Waals surface area (Å²) < 4.78 is 5.69. The predicted octanol–water partition coefficient (Wildman–Crippen LogP) is 3.23. The van der Waals surface area contributed by atoms with Crippen molar-refractivity contribution >= 4 is 40.1 Å². The van der Waals surface area contributed by atoms with Gasteiger partial charge in [0.05, 0.1) is 5.70 Å². The van der Waals surface area contributed by atoms with Gasteiger partial charge in [-0.3, -0.25) is 24.6 Å². The third-order valence-corrected chi connectivity index (χ3v) is 5.14. The number of benzene rings is 3. The van der Waals surface area contributed by atoms with E-state index < -0.39 is 23.9 Å². The molecule has 0 saturated carbocycles. The van der Waals surface area contributed by atoms with Crippen molar-refractivity contribution in [1.82, 2.24) is 5.32 Å². The number of urea groups is 1. The average molecular weight is 455 g/mol. The van der Waals surface area contributed by atoms with Crippen molar-refractivity contribution in [3.8, 4) is 5.75 Å². The normalized spacial score (nSPS) is 13.6. The van der Waals surface area contributed by atoms with Crippen LogP contribution in [0.5, 0.6) is 5.75 Å². The van der Waals surface area contributed by atoms with Gasteiger partial charge in [-0.2, -0.15) is 0 Å². The lowest BCUT2D eigenvalue weighted by molar-refractivity contribution is -0.137. The SMILES string of the molecule is NC(=O)NC(=O)C(Oc1ccccc1)C(=O)N(C1=CC=CCC1=O)c1ccc2ccccc2c1. The van der Waals surface area contributed by atoms with Crippen LogP contribution < -0.4 is 20.7 Å². The van der Waals surface area contributed by atoms with Gasteiger partial charge in [-0.05, 0) is 41.1 Å². The van der Waals surface area contributed by atoms with Crippen molar-refractivity contribution in [2.45, 2.75) is 12.5 Å². The van der Waals surface area contributed by atoms with E-state index in [1.54, 1.807) is 54.6 Å². The molecule has 3 aromatic rings. The molecule has 3 aromatic carbocycles. The number of nitrogens with two attached hydrogens (primary N) is 1. The van der Waals surface area contributed by atoms with Gasteiger partial charge in [0.1, 0.15) is 5.75 Å². The number of hydrogen-bond acceptors (Lipinski definition) is 5. The minimum Gasteiger partial charge on any atom is -0.471 e. The van der Waals surface area contributed by atoms with E-state index in [-0.39, 0.29) is 23.7 Å². The summed E-state index contributed by atoms with van der Waals surface area (Å²) in [6.07, 6.45) is 3.15. The maximum absolute atomic E-state index is 13.8. The van der Waals surface area contributed by atoms with E-state index in [9.17, 15) is 19.2 Å². The first kappa shape index (κ1) is 22.5. The molecule has 4 rings (SSSR count). The molecule has 0 aliphatic heterocycles. The van der Waals surface area contributed by atoms with E-state index in [4.69, 9.17) is 10.5 Å². The molecule has 0 spiro atoms. The summed E-state index contributed by atoms with van der Waals surface area (Å²) in [5.41, 5.74) is 5.56. The lowest BCUT2D eigenvalue weighted by Gasteiger charge is -2.29. The van der Waals surface area contributed by atoms with Crippen LogP contribution in [0.25, 0.3) is 10.8 Å². The number of ether oxygens (including phenoxy) is 1. The zero-order valence-corrected chi connectivity index (χ0v) is 18.0. The van der Waals surface area contributed by atoms with Gasteiger partial charge >= 0.3 is 6.03 Å². The molecule has 1 aliphatic carbocycles. The number of hydrogen-bond donors (Lipinski definition) is 2. The zero-order valence-electron chi connectivity index (χ0n) is 18.0. The fraction of sp³-hybridized carbons (Fsp3) is 0.0769. The maximum atomic E-state index is 13.8. The topological polar surface area (TPSA) is 119 Å². The van der Waals surface area contributed by atoms with Crippen molar-refractivity contribution in [2.75, 3.05) is 4.90 Å². The van der Waals surface area contributed by atoms with E-state index in [2.05, 4.69) is 0 Å². The molecule has 3 N–H and O–H groups in total. The minimum atomic E-state index is -1.79. The first-order valence-corrected chi connectivity index (χ1v) is 10.5. The van der Waals surface area contributed by atoms with Crippen LogP contribution in [0, 0.1) is 0 Å². The number of rotatable bonds is 6. The lowest BCUT2D eigenvalue weighted by Crippen LogP contribution is -2.53. The Labute approximate surface area is 195 Å². The molecule has 170 valence electrons. The van der Waals surface area contributed by atoms with Crippen LogP contribution in [0.1, 0.15) is 6.42 Å². The third kappa shape index (κ3) is 4.86. The molecule has 0 radical (unpaired) electrons. The number of carbonyl (C=O) groups is 4. The number of Topliss-reactive ketones (excluding diaryl/α,β-unsaturated/α-hetero) is 1. The van der Waals surface area contributed by atoms with Gasteiger partial charge < -0.3 is 10.5 Å². The summed E-state index contributed by atoms with van der Waals surface area (Å²) in [6, 6.07) is 19.8. The number of ketones is 1. The van der Waals surface area contributed by atoms with Crippen molar-refractivity contribution in [3.63, 3.8) is 0 Å². The molecule has 34 heavy (non-hydrogen) atoms. The van der Waals surface area contributed by atoms with Crippen LogP contribution in [0.15, 0.2) is 96.7 Å². The Morgan fingerprint density at radius 1 is 0.941 bits per heavy atom. The second-order valence-electron chi connectivity index (χ2n) is 7.48. The second kappa shape index (κ2) is 9.83. The first-order chi connectivity index (χ1) is 16.4. The van der Waals surface area contributed by atoms with Crippen molar-refractivity contribution in [2.24, 2.45) is 5.73 Å². The van der Waals surface area contributed by atoms with E-state index in [1.165, 1.54) is 6.08 Å².